The second-order valence-electron chi connectivity index (χ2n) is 3.91. The molecule has 0 radical (unpaired) electrons. The van der Waals surface area contributed by atoms with Crippen LogP contribution in [0.3, 0.4) is 0 Å². The van der Waals surface area contributed by atoms with Crippen LogP contribution >= 0.6 is 11.8 Å². The number of rotatable bonds is 5. The lowest BCUT2D eigenvalue weighted by Crippen LogP contribution is -2.18. The van der Waals surface area contributed by atoms with Crippen molar-refractivity contribution in [1.29, 1.82) is 0 Å². The quantitative estimate of drug-likeness (QED) is 0.818. The first kappa shape index (κ1) is 12.3. The van der Waals surface area contributed by atoms with Gasteiger partial charge < -0.3 is 10.1 Å². The molecule has 0 aliphatic carbocycles. The predicted octanol–water partition coefficient (Wildman–Crippen LogP) is 2.70. The van der Waals surface area contributed by atoms with Gasteiger partial charge in [0.1, 0.15) is 5.75 Å². The lowest BCUT2D eigenvalue weighted by Gasteiger charge is -2.17. The van der Waals surface area contributed by atoms with E-state index in [0.29, 0.717) is 13.0 Å². The van der Waals surface area contributed by atoms with Gasteiger partial charge in [0, 0.05) is 23.9 Å². The molecule has 0 saturated carbocycles. The third kappa shape index (κ3) is 3.40. The van der Waals surface area contributed by atoms with Crippen molar-refractivity contribution in [2.24, 2.45) is 0 Å². The highest BCUT2D eigenvalue weighted by Crippen LogP contribution is 2.27. The highest BCUT2D eigenvalue weighted by Gasteiger charge is 2.14. The van der Waals surface area contributed by atoms with Crippen LogP contribution in [0.5, 0.6) is 5.75 Å². The van der Waals surface area contributed by atoms with Crippen molar-refractivity contribution >= 4 is 23.4 Å². The van der Waals surface area contributed by atoms with Gasteiger partial charge in [-0.1, -0.05) is 13.0 Å². The van der Waals surface area contributed by atoms with Crippen LogP contribution in [0.4, 0.5) is 5.69 Å². The summed E-state index contributed by atoms with van der Waals surface area (Å²) in [5.41, 5.74) is 2.10. The summed E-state index contributed by atoms with van der Waals surface area (Å²) in [6, 6.07) is 5.94. The van der Waals surface area contributed by atoms with E-state index < -0.39 is 0 Å². The summed E-state index contributed by atoms with van der Waals surface area (Å²) in [7, 11) is 0. The molecule has 1 aliphatic rings. The topological polar surface area (TPSA) is 38.3 Å². The van der Waals surface area contributed by atoms with Crippen molar-refractivity contribution in [3.63, 3.8) is 0 Å². The SMILES string of the molecule is CCSCCOc1ccc2c(c1)NC(=O)CC2. The smallest absolute Gasteiger partial charge is 0.224 e. The van der Waals surface area contributed by atoms with E-state index >= 15 is 0 Å². The molecule has 4 heteroatoms. The molecule has 0 spiro atoms. The highest BCUT2D eigenvalue weighted by molar-refractivity contribution is 7.99. The van der Waals surface area contributed by atoms with E-state index in [4.69, 9.17) is 4.74 Å². The molecular formula is C13H17NO2S. The average molecular weight is 251 g/mol. The molecule has 3 nitrogen and oxygen atoms in total. The van der Waals surface area contributed by atoms with Gasteiger partial charge >= 0.3 is 0 Å². The van der Waals surface area contributed by atoms with Gasteiger partial charge in [0.05, 0.1) is 6.61 Å². The van der Waals surface area contributed by atoms with Crippen molar-refractivity contribution < 1.29 is 9.53 Å². The first-order valence-corrected chi connectivity index (χ1v) is 7.08. The molecule has 1 aromatic carbocycles. The summed E-state index contributed by atoms with van der Waals surface area (Å²) in [5, 5.41) is 2.88. The summed E-state index contributed by atoms with van der Waals surface area (Å²) < 4.78 is 5.64. The van der Waals surface area contributed by atoms with Crippen molar-refractivity contribution in [3.8, 4) is 5.75 Å². The summed E-state index contributed by atoms with van der Waals surface area (Å²) in [6.07, 6.45) is 1.41. The van der Waals surface area contributed by atoms with E-state index in [-0.39, 0.29) is 5.91 Å². The summed E-state index contributed by atoms with van der Waals surface area (Å²) in [4.78, 5) is 11.3. The number of amides is 1. The fourth-order valence-electron chi connectivity index (χ4n) is 1.80. The van der Waals surface area contributed by atoms with E-state index in [2.05, 4.69) is 12.2 Å². The molecule has 1 aromatic rings. The number of fused-ring (bicyclic) bond motifs is 1. The maximum absolute atomic E-state index is 11.3. The van der Waals surface area contributed by atoms with Gasteiger partial charge in [-0.15, -0.1) is 0 Å². The van der Waals surface area contributed by atoms with Gasteiger partial charge in [-0.05, 0) is 23.8 Å². The molecule has 0 saturated heterocycles. The molecular weight excluding hydrogens is 234 g/mol. The molecule has 0 bridgehead atoms. The Kier molecular flexibility index (Phi) is 4.31. The molecule has 0 aromatic heterocycles. The number of nitrogens with one attached hydrogen (secondary N) is 1. The maximum atomic E-state index is 11.3. The van der Waals surface area contributed by atoms with Gasteiger partial charge in [-0.25, -0.2) is 0 Å². The minimum atomic E-state index is 0.0937. The monoisotopic (exact) mass is 251 g/mol. The van der Waals surface area contributed by atoms with E-state index in [1.807, 2.05) is 30.0 Å². The largest absolute Gasteiger partial charge is 0.493 e. The lowest BCUT2D eigenvalue weighted by molar-refractivity contribution is -0.116. The van der Waals surface area contributed by atoms with Crippen LogP contribution in [0.25, 0.3) is 0 Å². The maximum Gasteiger partial charge on any atom is 0.224 e. The number of carbonyl (C=O) groups is 1. The Balaban J connectivity index is 1.95. The predicted molar refractivity (Wildman–Crippen MR) is 71.9 cm³/mol. The first-order chi connectivity index (χ1) is 8.29. The Morgan fingerprint density at radius 3 is 3.12 bits per heavy atom. The van der Waals surface area contributed by atoms with Gasteiger partial charge in [0.15, 0.2) is 0 Å². The van der Waals surface area contributed by atoms with Gasteiger partial charge in [-0.3, -0.25) is 4.79 Å². The number of thioether (sulfide) groups is 1. The molecule has 2 rings (SSSR count). The minimum absolute atomic E-state index is 0.0937. The zero-order valence-electron chi connectivity index (χ0n) is 9.99. The Morgan fingerprint density at radius 2 is 2.29 bits per heavy atom. The standard InChI is InChI=1S/C13H17NO2S/c1-2-17-8-7-16-11-5-3-10-4-6-13(15)14-12(10)9-11/h3,5,9H,2,4,6-8H2,1H3,(H,14,15). The van der Waals surface area contributed by atoms with Crippen LogP contribution < -0.4 is 10.1 Å². The Labute approximate surface area is 106 Å². The third-order valence-electron chi connectivity index (χ3n) is 2.68. The zero-order valence-corrected chi connectivity index (χ0v) is 10.8. The molecule has 1 N–H and O–H groups in total. The van der Waals surface area contributed by atoms with Crippen LogP contribution in [-0.2, 0) is 11.2 Å². The molecule has 92 valence electrons. The van der Waals surface area contributed by atoms with Crippen molar-refractivity contribution in [1.82, 2.24) is 0 Å². The second-order valence-corrected chi connectivity index (χ2v) is 5.31. The Hall–Kier alpha value is -1.16. The first-order valence-electron chi connectivity index (χ1n) is 5.93. The average Bonchev–Trinajstić information content (AvgIpc) is 2.34. The van der Waals surface area contributed by atoms with Crippen molar-refractivity contribution in [3.05, 3.63) is 23.8 Å². The Morgan fingerprint density at radius 1 is 1.41 bits per heavy atom. The van der Waals surface area contributed by atoms with Crippen molar-refractivity contribution in [2.75, 3.05) is 23.4 Å². The number of hydrogen-bond donors (Lipinski definition) is 1. The number of benzene rings is 1. The fourth-order valence-corrected chi connectivity index (χ4v) is 2.29. The fraction of sp³-hybridized carbons (Fsp3) is 0.462. The van der Waals surface area contributed by atoms with Gasteiger partial charge in [0.2, 0.25) is 5.91 Å². The second kappa shape index (κ2) is 5.96. The molecule has 0 unspecified atom stereocenters. The minimum Gasteiger partial charge on any atom is -0.493 e. The van der Waals surface area contributed by atoms with E-state index in [1.165, 1.54) is 5.56 Å². The van der Waals surface area contributed by atoms with Crippen LogP contribution in [0.15, 0.2) is 18.2 Å². The van der Waals surface area contributed by atoms with Crippen LogP contribution in [0.2, 0.25) is 0 Å². The number of hydrogen-bond acceptors (Lipinski definition) is 3. The molecule has 0 atom stereocenters. The Bertz CT molecular complexity index is 406. The van der Waals surface area contributed by atoms with E-state index in [1.54, 1.807) is 0 Å². The molecule has 1 aliphatic heterocycles. The van der Waals surface area contributed by atoms with Crippen LogP contribution in [0.1, 0.15) is 18.9 Å². The van der Waals surface area contributed by atoms with Gasteiger partial charge in [-0.2, -0.15) is 11.8 Å². The zero-order chi connectivity index (χ0) is 12.1. The lowest BCUT2D eigenvalue weighted by atomic mass is 10.0. The number of anilines is 1. The summed E-state index contributed by atoms with van der Waals surface area (Å²) in [6.45, 7) is 2.85. The molecule has 17 heavy (non-hydrogen) atoms. The number of ether oxygens (including phenoxy) is 1. The molecule has 0 fully saturated rings. The summed E-state index contributed by atoms with van der Waals surface area (Å²) in [5.74, 6) is 3.04. The summed E-state index contributed by atoms with van der Waals surface area (Å²) >= 11 is 1.86. The van der Waals surface area contributed by atoms with Crippen molar-refractivity contribution in [2.45, 2.75) is 19.8 Å². The van der Waals surface area contributed by atoms with Gasteiger partial charge in [0.25, 0.3) is 0 Å². The number of aryl methyl sites for hydroxylation is 1. The normalized spacial score (nSPS) is 14.1. The third-order valence-corrected chi connectivity index (χ3v) is 3.54. The molecule has 1 heterocycles. The number of carbonyl (C=O) groups excluding carboxylic acids is 1. The highest BCUT2D eigenvalue weighted by atomic mass is 32.2. The van der Waals surface area contributed by atoms with Crippen LogP contribution in [-0.4, -0.2) is 24.0 Å². The van der Waals surface area contributed by atoms with E-state index in [9.17, 15) is 4.79 Å². The van der Waals surface area contributed by atoms with Crippen LogP contribution in [0, 0.1) is 0 Å². The molecule has 1 amide bonds. The van der Waals surface area contributed by atoms with E-state index in [0.717, 1.165) is 29.4 Å².